The minimum atomic E-state index is -0.206. The Kier molecular flexibility index (Phi) is 4.29. The van der Waals surface area contributed by atoms with Crippen LogP contribution in [0.3, 0.4) is 0 Å². The van der Waals surface area contributed by atoms with Gasteiger partial charge in [-0.3, -0.25) is 4.79 Å². The first-order chi connectivity index (χ1) is 10.2. The summed E-state index contributed by atoms with van der Waals surface area (Å²) in [4.78, 5) is 15.2. The lowest BCUT2D eigenvalue weighted by atomic mass is 9.73. The van der Waals surface area contributed by atoms with Gasteiger partial charge in [0, 0.05) is 6.54 Å². The number of hydrogen-bond acceptors (Lipinski definition) is 2. The van der Waals surface area contributed by atoms with Gasteiger partial charge in [-0.25, -0.2) is 0 Å². The van der Waals surface area contributed by atoms with E-state index in [1.807, 2.05) is 6.07 Å². The highest BCUT2D eigenvalue weighted by Crippen LogP contribution is 2.36. The topological polar surface area (TPSA) is 32.3 Å². The Morgan fingerprint density at radius 3 is 2.52 bits per heavy atom. The zero-order chi connectivity index (χ0) is 14.7. The Bertz CT molecular complexity index is 473. The highest BCUT2D eigenvalue weighted by molar-refractivity contribution is 5.83. The molecule has 0 atom stereocenters. The van der Waals surface area contributed by atoms with Gasteiger partial charge < -0.3 is 10.2 Å². The van der Waals surface area contributed by atoms with Crippen LogP contribution in [0.25, 0.3) is 0 Å². The minimum Gasteiger partial charge on any atom is -0.355 e. The highest BCUT2D eigenvalue weighted by atomic mass is 16.2. The first-order valence-corrected chi connectivity index (χ1v) is 8.19. The average Bonchev–Trinajstić information content (AvgIpc) is 3.33. The Balaban J connectivity index is 1.71. The summed E-state index contributed by atoms with van der Waals surface area (Å²) >= 11 is 0. The molecule has 2 fully saturated rings. The van der Waals surface area contributed by atoms with Crippen molar-refractivity contribution in [1.29, 1.82) is 0 Å². The number of amides is 1. The molecule has 0 unspecified atom stereocenters. The number of hydrogen-bond donors (Lipinski definition) is 1. The van der Waals surface area contributed by atoms with Crippen LogP contribution >= 0.6 is 0 Å². The second-order valence-corrected chi connectivity index (χ2v) is 6.90. The molecule has 0 radical (unpaired) electrons. The number of carbonyl (C=O) groups excluding carboxylic acids is 1. The Hall–Kier alpha value is -1.35. The molecule has 1 saturated heterocycles. The maximum Gasteiger partial charge on any atom is 0.226 e. The van der Waals surface area contributed by atoms with E-state index in [4.69, 9.17) is 0 Å². The van der Waals surface area contributed by atoms with Crippen LogP contribution in [0, 0.1) is 11.3 Å². The molecular weight excluding hydrogens is 260 g/mol. The van der Waals surface area contributed by atoms with Gasteiger partial charge in [0.05, 0.1) is 5.41 Å². The third-order valence-electron chi connectivity index (χ3n) is 5.06. The summed E-state index contributed by atoms with van der Waals surface area (Å²) in [5, 5.41) is 3.23. The van der Waals surface area contributed by atoms with Gasteiger partial charge in [-0.15, -0.1) is 0 Å². The summed E-state index contributed by atoms with van der Waals surface area (Å²) in [5.74, 6) is 1.03. The summed E-state index contributed by atoms with van der Waals surface area (Å²) in [6.07, 6.45) is 5.38. The van der Waals surface area contributed by atoms with Crippen molar-refractivity contribution in [2.24, 2.45) is 11.3 Å². The van der Waals surface area contributed by atoms with E-state index >= 15 is 0 Å². The average molecular weight is 286 g/mol. The van der Waals surface area contributed by atoms with Gasteiger partial charge in [0.25, 0.3) is 0 Å². The van der Waals surface area contributed by atoms with Crippen LogP contribution in [0.1, 0.15) is 31.2 Å². The number of benzene rings is 1. The first-order valence-electron chi connectivity index (χ1n) is 8.19. The van der Waals surface area contributed by atoms with Crippen LogP contribution in [0.2, 0.25) is 0 Å². The van der Waals surface area contributed by atoms with Crippen molar-refractivity contribution in [2.75, 3.05) is 26.7 Å². The monoisotopic (exact) mass is 286 g/mol. The van der Waals surface area contributed by atoms with Crippen LogP contribution in [0.4, 0.5) is 0 Å². The molecule has 0 bridgehead atoms. The molecule has 2 aliphatic rings. The summed E-state index contributed by atoms with van der Waals surface area (Å²) in [5.41, 5.74) is 1.08. The van der Waals surface area contributed by atoms with E-state index in [9.17, 15) is 4.79 Å². The van der Waals surface area contributed by atoms with Gasteiger partial charge in [-0.1, -0.05) is 30.3 Å². The molecule has 1 aromatic carbocycles. The van der Waals surface area contributed by atoms with E-state index in [1.165, 1.54) is 18.4 Å². The van der Waals surface area contributed by atoms with Crippen LogP contribution in [-0.2, 0) is 11.2 Å². The Labute approximate surface area is 127 Å². The quantitative estimate of drug-likeness (QED) is 0.902. The number of carbonyl (C=O) groups is 1. The standard InChI is InChI=1S/C18H26N2O/c1-20-11-9-18(10-12-20,13-15-5-3-2-4-6-15)17(21)19-14-16-7-8-16/h2-6,16H,7-14H2,1H3,(H,19,21). The van der Waals surface area contributed by atoms with Gasteiger partial charge >= 0.3 is 0 Å². The summed E-state index contributed by atoms with van der Waals surface area (Å²) < 4.78 is 0. The van der Waals surface area contributed by atoms with Crippen molar-refractivity contribution < 1.29 is 4.79 Å². The zero-order valence-corrected chi connectivity index (χ0v) is 13.0. The van der Waals surface area contributed by atoms with Crippen LogP contribution in [0.5, 0.6) is 0 Å². The lowest BCUT2D eigenvalue weighted by Crippen LogP contribution is -2.49. The first kappa shape index (κ1) is 14.6. The predicted molar refractivity (Wildman–Crippen MR) is 85.0 cm³/mol. The fraction of sp³-hybridized carbons (Fsp3) is 0.611. The Morgan fingerprint density at radius 2 is 1.90 bits per heavy atom. The molecular formula is C18H26N2O. The SMILES string of the molecule is CN1CCC(Cc2ccccc2)(C(=O)NCC2CC2)CC1. The van der Waals surface area contributed by atoms with E-state index in [2.05, 4.69) is 41.5 Å². The Morgan fingerprint density at radius 1 is 1.24 bits per heavy atom. The fourth-order valence-corrected chi connectivity index (χ4v) is 3.26. The molecule has 3 heteroatoms. The number of nitrogens with zero attached hydrogens (tertiary/aromatic N) is 1. The minimum absolute atomic E-state index is 0.206. The second-order valence-electron chi connectivity index (χ2n) is 6.90. The summed E-state index contributed by atoms with van der Waals surface area (Å²) in [6.45, 7) is 2.92. The van der Waals surface area contributed by atoms with Crippen molar-refractivity contribution in [1.82, 2.24) is 10.2 Å². The number of rotatable bonds is 5. The van der Waals surface area contributed by atoms with Crippen molar-refractivity contribution in [2.45, 2.75) is 32.1 Å². The summed E-state index contributed by atoms with van der Waals surface area (Å²) in [7, 11) is 2.15. The third-order valence-corrected chi connectivity index (χ3v) is 5.06. The molecule has 1 aliphatic carbocycles. The fourth-order valence-electron chi connectivity index (χ4n) is 3.26. The molecule has 21 heavy (non-hydrogen) atoms. The molecule has 0 aromatic heterocycles. The van der Waals surface area contributed by atoms with Gasteiger partial charge in [-0.05, 0) is 63.7 Å². The lowest BCUT2D eigenvalue weighted by Gasteiger charge is -2.39. The van der Waals surface area contributed by atoms with E-state index in [0.29, 0.717) is 0 Å². The third kappa shape index (κ3) is 3.65. The molecule has 114 valence electrons. The molecule has 1 amide bonds. The second kappa shape index (κ2) is 6.18. The molecule has 1 N–H and O–H groups in total. The maximum absolute atomic E-state index is 12.8. The van der Waals surface area contributed by atoms with Crippen LogP contribution in [-0.4, -0.2) is 37.5 Å². The van der Waals surface area contributed by atoms with E-state index in [0.717, 1.165) is 44.8 Å². The molecule has 1 heterocycles. The van der Waals surface area contributed by atoms with Crippen LogP contribution in [0.15, 0.2) is 30.3 Å². The zero-order valence-electron chi connectivity index (χ0n) is 13.0. The highest BCUT2D eigenvalue weighted by Gasteiger charge is 2.41. The summed E-state index contributed by atoms with van der Waals surface area (Å²) in [6, 6.07) is 10.5. The number of likely N-dealkylation sites (tertiary alicyclic amines) is 1. The molecule has 0 spiro atoms. The smallest absolute Gasteiger partial charge is 0.226 e. The lowest BCUT2D eigenvalue weighted by molar-refractivity contribution is -0.133. The largest absolute Gasteiger partial charge is 0.355 e. The van der Waals surface area contributed by atoms with Crippen molar-refractivity contribution >= 4 is 5.91 Å². The maximum atomic E-state index is 12.8. The molecule has 1 aliphatic heterocycles. The van der Waals surface area contributed by atoms with E-state index in [1.54, 1.807) is 0 Å². The van der Waals surface area contributed by atoms with E-state index < -0.39 is 0 Å². The van der Waals surface area contributed by atoms with E-state index in [-0.39, 0.29) is 11.3 Å². The van der Waals surface area contributed by atoms with Gasteiger partial charge in [0.2, 0.25) is 5.91 Å². The van der Waals surface area contributed by atoms with Gasteiger partial charge in [-0.2, -0.15) is 0 Å². The molecule has 1 saturated carbocycles. The normalized spacial score (nSPS) is 22.0. The van der Waals surface area contributed by atoms with Crippen molar-refractivity contribution in [3.8, 4) is 0 Å². The number of nitrogens with one attached hydrogen (secondary N) is 1. The van der Waals surface area contributed by atoms with Gasteiger partial charge in [0.15, 0.2) is 0 Å². The molecule has 3 nitrogen and oxygen atoms in total. The van der Waals surface area contributed by atoms with Gasteiger partial charge in [0.1, 0.15) is 0 Å². The molecule has 3 rings (SSSR count). The van der Waals surface area contributed by atoms with Crippen LogP contribution < -0.4 is 5.32 Å². The molecule has 1 aromatic rings. The van der Waals surface area contributed by atoms with Crippen molar-refractivity contribution in [3.63, 3.8) is 0 Å². The van der Waals surface area contributed by atoms with Crippen molar-refractivity contribution in [3.05, 3.63) is 35.9 Å². The number of piperidine rings is 1. The predicted octanol–water partition coefficient (Wildman–Crippen LogP) is 2.47.